The molecule has 0 aromatic rings. The summed E-state index contributed by atoms with van der Waals surface area (Å²) in [6, 6.07) is 0. The van der Waals surface area contributed by atoms with Crippen molar-refractivity contribution >= 4 is 22.6 Å². The molecule has 5 heteroatoms. The highest BCUT2D eigenvalue weighted by molar-refractivity contribution is 14.1. The first-order chi connectivity index (χ1) is 7.74. The molecule has 1 saturated carbocycles. The van der Waals surface area contributed by atoms with Gasteiger partial charge in [-0.05, 0) is 6.92 Å². The van der Waals surface area contributed by atoms with E-state index in [4.69, 9.17) is 14.2 Å². The zero-order valence-corrected chi connectivity index (χ0v) is 12.1. The summed E-state index contributed by atoms with van der Waals surface area (Å²) < 4.78 is 16.9. The summed E-state index contributed by atoms with van der Waals surface area (Å²) in [4.78, 5) is 0. The Bertz CT molecular complexity index is 191. The number of alkyl halides is 1. The third kappa shape index (κ3) is 3.80. The smallest absolute Gasteiger partial charge is 0.146 e. The first kappa shape index (κ1) is 14.6. The van der Waals surface area contributed by atoms with Gasteiger partial charge < -0.3 is 19.3 Å². The monoisotopic (exact) mass is 344 g/mol. The lowest BCUT2D eigenvalue weighted by Crippen LogP contribution is -2.29. The number of rotatable bonds is 7. The standard InChI is InChI=1S/C11H21IO4/c1-3-15-6-9-8(5-12)10(13)4-11(9)16-7-14-2/h8-11,13H,3-7H2,1-2H3/t8-,9-,10+,11-/m0/s1. The van der Waals surface area contributed by atoms with Crippen molar-refractivity contribution in [2.24, 2.45) is 11.8 Å². The molecular weight excluding hydrogens is 323 g/mol. The van der Waals surface area contributed by atoms with Crippen molar-refractivity contribution in [1.82, 2.24) is 0 Å². The minimum absolute atomic E-state index is 0.0567. The molecule has 16 heavy (non-hydrogen) atoms. The van der Waals surface area contributed by atoms with E-state index >= 15 is 0 Å². The topological polar surface area (TPSA) is 47.9 Å². The van der Waals surface area contributed by atoms with Crippen molar-refractivity contribution in [2.45, 2.75) is 25.6 Å². The van der Waals surface area contributed by atoms with Crippen LogP contribution in [0.5, 0.6) is 0 Å². The molecule has 0 spiro atoms. The Morgan fingerprint density at radius 1 is 1.38 bits per heavy atom. The quantitative estimate of drug-likeness (QED) is 0.431. The van der Waals surface area contributed by atoms with Gasteiger partial charge >= 0.3 is 0 Å². The fourth-order valence-electron chi connectivity index (χ4n) is 2.20. The van der Waals surface area contributed by atoms with Gasteiger partial charge in [-0.2, -0.15) is 0 Å². The van der Waals surface area contributed by atoms with Gasteiger partial charge in [-0.3, -0.25) is 0 Å². The van der Waals surface area contributed by atoms with Crippen molar-refractivity contribution in [3.63, 3.8) is 0 Å². The summed E-state index contributed by atoms with van der Waals surface area (Å²) in [6.07, 6.45) is 0.472. The minimum atomic E-state index is -0.274. The molecule has 4 nitrogen and oxygen atoms in total. The maximum atomic E-state index is 9.95. The molecule has 1 rings (SSSR count). The minimum Gasteiger partial charge on any atom is -0.393 e. The second-order valence-corrected chi connectivity index (χ2v) is 4.94. The maximum Gasteiger partial charge on any atom is 0.146 e. The first-order valence-corrected chi connectivity index (χ1v) is 7.19. The Morgan fingerprint density at radius 2 is 2.12 bits per heavy atom. The predicted molar refractivity (Wildman–Crippen MR) is 69.7 cm³/mol. The van der Waals surface area contributed by atoms with Crippen LogP contribution in [0.3, 0.4) is 0 Å². The van der Waals surface area contributed by atoms with Crippen LogP contribution >= 0.6 is 22.6 Å². The molecule has 4 atom stereocenters. The van der Waals surface area contributed by atoms with Crippen molar-refractivity contribution < 1.29 is 19.3 Å². The number of aliphatic hydroxyl groups is 1. The second-order valence-electron chi connectivity index (χ2n) is 4.06. The number of hydrogen-bond donors (Lipinski definition) is 1. The Kier molecular flexibility index (Phi) is 7.14. The zero-order valence-electron chi connectivity index (χ0n) is 9.89. The van der Waals surface area contributed by atoms with Gasteiger partial charge in [0, 0.05) is 36.4 Å². The molecule has 0 amide bonds. The summed E-state index contributed by atoms with van der Waals surface area (Å²) in [5.41, 5.74) is 0. The number of aliphatic hydroxyl groups excluding tert-OH is 1. The molecule has 0 aromatic carbocycles. The van der Waals surface area contributed by atoms with Gasteiger partial charge in [-0.15, -0.1) is 0 Å². The molecular formula is C11H21IO4. The predicted octanol–water partition coefficient (Wildman–Crippen LogP) is 1.44. The molecule has 0 aromatic heterocycles. The van der Waals surface area contributed by atoms with E-state index in [1.165, 1.54) is 0 Å². The normalized spacial score (nSPS) is 34.5. The summed E-state index contributed by atoms with van der Waals surface area (Å²) >= 11 is 2.32. The van der Waals surface area contributed by atoms with E-state index in [0.29, 0.717) is 19.6 Å². The van der Waals surface area contributed by atoms with Crippen LogP contribution < -0.4 is 0 Å². The highest BCUT2D eigenvalue weighted by Crippen LogP contribution is 2.36. The maximum absolute atomic E-state index is 9.95. The first-order valence-electron chi connectivity index (χ1n) is 5.66. The number of hydrogen-bond acceptors (Lipinski definition) is 4. The van der Waals surface area contributed by atoms with Crippen LogP contribution in [0.4, 0.5) is 0 Å². The molecule has 1 aliphatic carbocycles. The molecule has 0 unspecified atom stereocenters. The van der Waals surface area contributed by atoms with E-state index < -0.39 is 0 Å². The zero-order chi connectivity index (χ0) is 12.0. The summed E-state index contributed by atoms with van der Waals surface area (Å²) in [7, 11) is 1.61. The highest BCUT2D eigenvalue weighted by atomic mass is 127. The molecule has 1 fully saturated rings. The van der Waals surface area contributed by atoms with Crippen LogP contribution in [0.15, 0.2) is 0 Å². The lowest BCUT2D eigenvalue weighted by molar-refractivity contribution is -0.0961. The van der Waals surface area contributed by atoms with Gasteiger partial charge in [0.25, 0.3) is 0 Å². The average molecular weight is 344 g/mol. The fourth-order valence-corrected chi connectivity index (χ4v) is 3.44. The van der Waals surface area contributed by atoms with Gasteiger partial charge in [0.05, 0.1) is 18.8 Å². The van der Waals surface area contributed by atoms with Crippen molar-refractivity contribution in [1.29, 1.82) is 0 Å². The Morgan fingerprint density at radius 3 is 2.69 bits per heavy atom. The SMILES string of the molecule is CCOC[C@H]1[C@H](CI)[C@H](O)C[C@@H]1OCOC. The van der Waals surface area contributed by atoms with E-state index in [0.717, 1.165) is 4.43 Å². The number of methoxy groups -OCH3 is 1. The Hall–Kier alpha value is 0.570. The van der Waals surface area contributed by atoms with E-state index in [-0.39, 0.29) is 30.8 Å². The fraction of sp³-hybridized carbons (Fsp3) is 1.00. The van der Waals surface area contributed by atoms with Gasteiger partial charge in [-0.1, -0.05) is 22.6 Å². The summed E-state index contributed by atoms with van der Waals surface area (Å²) in [6.45, 7) is 3.64. The lowest BCUT2D eigenvalue weighted by Gasteiger charge is -2.23. The molecule has 96 valence electrons. The van der Waals surface area contributed by atoms with Crippen LogP contribution in [0, 0.1) is 11.8 Å². The number of ether oxygens (including phenoxy) is 3. The molecule has 1 aliphatic rings. The summed E-state index contributed by atoms with van der Waals surface area (Å²) in [5, 5.41) is 9.95. The summed E-state index contributed by atoms with van der Waals surface area (Å²) in [5.74, 6) is 0.552. The van der Waals surface area contributed by atoms with E-state index in [2.05, 4.69) is 22.6 Å². The van der Waals surface area contributed by atoms with Crippen LogP contribution in [-0.2, 0) is 14.2 Å². The average Bonchev–Trinajstić information content (AvgIpc) is 2.59. The van der Waals surface area contributed by atoms with E-state index in [1.807, 2.05) is 6.92 Å². The van der Waals surface area contributed by atoms with Crippen LogP contribution in [-0.4, -0.2) is 48.9 Å². The van der Waals surface area contributed by atoms with Gasteiger partial charge in [0.15, 0.2) is 0 Å². The third-order valence-electron chi connectivity index (χ3n) is 3.09. The second kappa shape index (κ2) is 7.81. The van der Waals surface area contributed by atoms with Crippen LogP contribution in [0.2, 0.25) is 0 Å². The molecule has 0 heterocycles. The van der Waals surface area contributed by atoms with E-state index in [1.54, 1.807) is 7.11 Å². The van der Waals surface area contributed by atoms with Gasteiger partial charge in [-0.25, -0.2) is 0 Å². The van der Waals surface area contributed by atoms with Gasteiger partial charge in [0.1, 0.15) is 6.79 Å². The van der Waals surface area contributed by atoms with E-state index in [9.17, 15) is 5.11 Å². The van der Waals surface area contributed by atoms with Gasteiger partial charge in [0.2, 0.25) is 0 Å². The van der Waals surface area contributed by atoms with Crippen LogP contribution in [0.25, 0.3) is 0 Å². The number of halogens is 1. The van der Waals surface area contributed by atoms with Crippen molar-refractivity contribution in [2.75, 3.05) is 31.5 Å². The Balaban J connectivity index is 2.52. The largest absolute Gasteiger partial charge is 0.393 e. The molecule has 1 N–H and O–H groups in total. The van der Waals surface area contributed by atoms with Crippen molar-refractivity contribution in [3.05, 3.63) is 0 Å². The lowest BCUT2D eigenvalue weighted by atomic mass is 9.96. The molecule has 0 saturated heterocycles. The Labute approximate surface area is 111 Å². The highest BCUT2D eigenvalue weighted by Gasteiger charge is 2.42. The molecule has 0 aliphatic heterocycles. The van der Waals surface area contributed by atoms with Crippen molar-refractivity contribution in [3.8, 4) is 0 Å². The molecule has 0 bridgehead atoms. The molecule has 0 radical (unpaired) electrons. The van der Waals surface area contributed by atoms with Crippen LogP contribution in [0.1, 0.15) is 13.3 Å². The third-order valence-corrected chi connectivity index (χ3v) is 4.11.